The molecule has 4 rings (SSSR count). The van der Waals surface area contributed by atoms with E-state index >= 15 is 0 Å². The Hall–Kier alpha value is -1.93. The fourth-order valence-electron chi connectivity index (χ4n) is 4.92. The number of carbonyl (C=O) groups is 3. The van der Waals surface area contributed by atoms with Gasteiger partial charge < -0.3 is 9.64 Å². The van der Waals surface area contributed by atoms with Crippen molar-refractivity contribution in [3.05, 3.63) is 28.2 Å². The summed E-state index contributed by atoms with van der Waals surface area (Å²) in [4.78, 5) is 43.4. The highest BCUT2D eigenvalue weighted by Gasteiger charge is 2.65. The molecule has 2 saturated heterocycles. The van der Waals surface area contributed by atoms with Crippen LogP contribution in [0.5, 0.6) is 0 Å². The van der Waals surface area contributed by atoms with Crippen LogP contribution in [0.2, 0.25) is 0 Å². The van der Waals surface area contributed by atoms with Gasteiger partial charge in [-0.25, -0.2) is 4.79 Å². The molecule has 27 heavy (non-hydrogen) atoms. The lowest BCUT2D eigenvalue weighted by atomic mass is 9.66. The van der Waals surface area contributed by atoms with Gasteiger partial charge in [-0.1, -0.05) is 15.9 Å². The Morgan fingerprint density at radius 2 is 1.74 bits per heavy atom. The number of urea groups is 1. The Morgan fingerprint density at radius 3 is 2.37 bits per heavy atom. The van der Waals surface area contributed by atoms with Gasteiger partial charge in [0.05, 0.1) is 18.2 Å². The molecule has 1 aromatic carbocycles. The number of hydrogen-bond donors (Lipinski definition) is 0. The molecule has 0 radical (unpaired) electrons. The molecule has 0 aromatic heterocycles. The Balaban J connectivity index is 1.96. The molecule has 3 aliphatic heterocycles. The van der Waals surface area contributed by atoms with Gasteiger partial charge in [-0.2, -0.15) is 0 Å². The number of halogens is 1. The first kappa shape index (κ1) is 18.4. The van der Waals surface area contributed by atoms with Crippen molar-refractivity contribution in [1.82, 2.24) is 9.80 Å². The summed E-state index contributed by atoms with van der Waals surface area (Å²) < 4.78 is 6.93. The Morgan fingerprint density at radius 1 is 1.11 bits per heavy atom. The maximum atomic E-state index is 13.4. The predicted molar refractivity (Wildman–Crippen MR) is 102 cm³/mol. The minimum atomic E-state index is -1.38. The largest absolute Gasteiger partial charge is 0.372 e. The van der Waals surface area contributed by atoms with E-state index in [1.165, 1.54) is 14.1 Å². The lowest BCUT2D eigenvalue weighted by molar-refractivity contribution is -0.166. The second-order valence-corrected chi connectivity index (χ2v) is 8.60. The molecular weight excluding hydrogens is 414 g/mol. The average molecular weight is 436 g/mol. The van der Waals surface area contributed by atoms with E-state index in [0.29, 0.717) is 6.54 Å². The molecule has 144 valence electrons. The molecule has 1 aromatic rings. The number of fused-ring (bicyclic) bond motifs is 4. The number of amides is 4. The third-order valence-corrected chi connectivity index (χ3v) is 6.45. The van der Waals surface area contributed by atoms with Crippen LogP contribution in [0.3, 0.4) is 0 Å². The summed E-state index contributed by atoms with van der Waals surface area (Å²) in [6, 6.07) is 4.86. The minimum absolute atomic E-state index is 0.0335. The standard InChI is InChI=1S/C19H22BrN3O4/c1-10-9-23-14-6-5-13(20)7-12(14)8-19(15(23)11(2)27-10)16(24)21(3)18(26)22(4)17(19)25/h5-7,10-11,15H,8-9H2,1-4H3/t10-,11+,15-/m1/s1. The third kappa shape index (κ3) is 2.39. The van der Waals surface area contributed by atoms with E-state index in [1.807, 2.05) is 32.0 Å². The van der Waals surface area contributed by atoms with Crippen molar-refractivity contribution in [2.75, 3.05) is 25.5 Å². The fraction of sp³-hybridized carbons (Fsp3) is 0.526. The number of barbiturate groups is 1. The molecular formula is C19H22BrN3O4. The van der Waals surface area contributed by atoms with Gasteiger partial charge in [0.2, 0.25) is 11.8 Å². The van der Waals surface area contributed by atoms with Crippen LogP contribution < -0.4 is 4.90 Å². The lowest BCUT2D eigenvalue weighted by Crippen LogP contribution is -2.75. The maximum absolute atomic E-state index is 13.4. The van der Waals surface area contributed by atoms with Crippen LogP contribution in [0, 0.1) is 5.41 Å². The molecule has 0 N–H and O–H groups in total. The van der Waals surface area contributed by atoms with Gasteiger partial charge in [-0.05, 0) is 44.0 Å². The van der Waals surface area contributed by atoms with E-state index in [4.69, 9.17) is 4.74 Å². The number of morpholine rings is 1. The van der Waals surface area contributed by atoms with Crippen molar-refractivity contribution < 1.29 is 19.1 Å². The van der Waals surface area contributed by atoms with Crippen LogP contribution in [0.1, 0.15) is 19.4 Å². The van der Waals surface area contributed by atoms with E-state index in [0.717, 1.165) is 25.5 Å². The van der Waals surface area contributed by atoms with Crippen molar-refractivity contribution >= 4 is 39.5 Å². The topological polar surface area (TPSA) is 70.2 Å². The van der Waals surface area contributed by atoms with Crippen LogP contribution in [0.25, 0.3) is 0 Å². The zero-order chi connectivity index (χ0) is 19.7. The number of rotatable bonds is 0. The second kappa shape index (κ2) is 6.04. The molecule has 1 spiro atoms. The van der Waals surface area contributed by atoms with Crippen LogP contribution in [-0.4, -0.2) is 66.5 Å². The van der Waals surface area contributed by atoms with Crippen molar-refractivity contribution in [3.63, 3.8) is 0 Å². The monoisotopic (exact) mass is 435 g/mol. The summed E-state index contributed by atoms with van der Waals surface area (Å²) in [7, 11) is 2.88. The molecule has 0 bridgehead atoms. The van der Waals surface area contributed by atoms with E-state index in [9.17, 15) is 14.4 Å². The Bertz CT molecular complexity index is 833. The number of carbonyl (C=O) groups excluding carboxylic acids is 3. The Labute approximate surface area is 166 Å². The van der Waals surface area contributed by atoms with Gasteiger partial charge in [0.15, 0.2) is 5.41 Å². The first-order valence-corrected chi connectivity index (χ1v) is 9.78. The highest BCUT2D eigenvalue weighted by atomic mass is 79.9. The van der Waals surface area contributed by atoms with Gasteiger partial charge in [0.1, 0.15) is 0 Å². The maximum Gasteiger partial charge on any atom is 0.332 e. The van der Waals surface area contributed by atoms with Crippen LogP contribution in [-0.2, 0) is 20.7 Å². The molecule has 0 unspecified atom stereocenters. The fourth-order valence-corrected chi connectivity index (χ4v) is 5.33. The molecule has 7 nitrogen and oxygen atoms in total. The average Bonchev–Trinajstić information content (AvgIpc) is 2.62. The minimum Gasteiger partial charge on any atom is -0.372 e. The van der Waals surface area contributed by atoms with Crippen LogP contribution in [0.15, 0.2) is 22.7 Å². The SMILES string of the molecule is C[C@@H]1CN2c3ccc(Br)cc3CC3(C(=O)N(C)C(=O)N(C)C3=O)[C@H]2[C@H](C)O1. The second-order valence-electron chi connectivity index (χ2n) is 7.68. The van der Waals surface area contributed by atoms with Gasteiger partial charge in [-0.3, -0.25) is 19.4 Å². The molecule has 0 saturated carbocycles. The van der Waals surface area contributed by atoms with Gasteiger partial charge in [0, 0.05) is 30.8 Å². The summed E-state index contributed by atoms with van der Waals surface area (Å²) in [5.74, 6) is -0.914. The zero-order valence-corrected chi connectivity index (χ0v) is 17.3. The van der Waals surface area contributed by atoms with E-state index in [2.05, 4.69) is 20.8 Å². The molecule has 8 heteroatoms. The number of ether oxygens (including phenoxy) is 1. The van der Waals surface area contributed by atoms with Crippen LogP contribution >= 0.6 is 15.9 Å². The number of nitrogens with zero attached hydrogens (tertiary/aromatic N) is 3. The molecule has 4 amide bonds. The smallest absolute Gasteiger partial charge is 0.332 e. The van der Waals surface area contributed by atoms with Gasteiger partial charge in [0.25, 0.3) is 0 Å². The third-order valence-electron chi connectivity index (χ3n) is 5.95. The van der Waals surface area contributed by atoms with E-state index < -0.39 is 29.3 Å². The van der Waals surface area contributed by atoms with Crippen LogP contribution in [0.4, 0.5) is 10.5 Å². The highest BCUT2D eigenvalue weighted by Crippen LogP contribution is 2.49. The predicted octanol–water partition coefficient (Wildman–Crippen LogP) is 2.02. The summed E-state index contributed by atoms with van der Waals surface area (Å²) in [5, 5.41) is 0. The van der Waals surface area contributed by atoms with E-state index in [1.54, 1.807) is 0 Å². The zero-order valence-electron chi connectivity index (χ0n) is 15.7. The Kier molecular flexibility index (Phi) is 4.12. The number of benzene rings is 1. The van der Waals surface area contributed by atoms with Crippen molar-refractivity contribution in [3.8, 4) is 0 Å². The molecule has 3 heterocycles. The lowest BCUT2D eigenvalue weighted by Gasteiger charge is -2.57. The highest BCUT2D eigenvalue weighted by molar-refractivity contribution is 9.10. The summed E-state index contributed by atoms with van der Waals surface area (Å²) >= 11 is 3.49. The van der Waals surface area contributed by atoms with E-state index in [-0.39, 0.29) is 18.6 Å². The number of hydrogen-bond acceptors (Lipinski definition) is 5. The molecule has 3 atom stereocenters. The first-order chi connectivity index (χ1) is 12.7. The quantitative estimate of drug-likeness (QED) is 0.583. The molecule has 2 fully saturated rings. The normalized spacial score (nSPS) is 29.9. The van der Waals surface area contributed by atoms with Crippen molar-refractivity contribution in [2.24, 2.45) is 5.41 Å². The van der Waals surface area contributed by atoms with Crippen molar-refractivity contribution in [1.29, 1.82) is 0 Å². The molecule has 3 aliphatic rings. The summed E-state index contributed by atoms with van der Waals surface area (Å²) in [5.41, 5.74) is 0.545. The summed E-state index contributed by atoms with van der Waals surface area (Å²) in [6.07, 6.45) is -0.132. The summed E-state index contributed by atoms with van der Waals surface area (Å²) in [6.45, 7) is 4.46. The van der Waals surface area contributed by atoms with Gasteiger partial charge in [-0.15, -0.1) is 0 Å². The number of imide groups is 2. The number of anilines is 1. The van der Waals surface area contributed by atoms with Crippen molar-refractivity contribution in [2.45, 2.75) is 38.5 Å². The molecule has 0 aliphatic carbocycles. The van der Waals surface area contributed by atoms with Gasteiger partial charge >= 0.3 is 6.03 Å². The first-order valence-electron chi connectivity index (χ1n) is 8.99.